The van der Waals surface area contributed by atoms with Gasteiger partial charge in [0.1, 0.15) is 0 Å². The van der Waals surface area contributed by atoms with Crippen molar-refractivity contribution >= 4 is 11.9 Å². The molecule has 0 radical (unpaired) electrons. The molecule has 2 unspecified atom stereocenters. The number of rotatable bonds is 66. The van der Waals surface area contributed by atoms with Gasteiger partial charge >= 0.3 is 5.97 Å². The Morgan fingerprint density at radius 1 is 0.359 bits per heavy atom. The summed E-state index contributed by atoms with van der Waals surface area (Å²) in [6.07, 6.45) is 86.4. The third-order valence-electron chi connectivity index (χ3n) is 16.4. The average Bonchev–Trinajstić information content (AvgIpc) is 3.44. The van der Waals surface area contributed by atoms with Crippen molar-refractivity contribution in [3.63, 3.8) is 0 Å². The van der Waals surface area contributed by atoms with Crippen molar-refractivity contribution in [2.45, 2.75) is 398 Å². The highest BCUT2D eigenvalue weighted by atomic mass is 16.5. The average molecular weight is 1100 g/mol. The van der Waals surface area contributed by atoms with E-state index in [1.807, 2.05) is 0 Å². The summed E-state index contributed by atoms with van der Waals surface area (Å²) >= 11 is 0. The van der Waals surface area contributed by atoms with Crippen LogP contribution in [0.1, 0.15) is 386 Å². The summed E-state index contributed by atoms with van der Waals surface area (Å²) in [6, 6.07) is -0.538. The zero-order valence-electron chi connectivity index (χ0n) is 52.7. The molecule has 460 valence electrons. The predicted molar refractivity (Wildman–Crippen MR) is 343 cm³/mol. The number of nitrogens with one attached hydrogen (secondary N) is 1. The summed E-state index contributed by atoms with van der Waals surface area (Å²) in [5, 5.41) is 23.2. The monoisotopic (exact) mass is 1100 g/mol. The molecule has 0 aliphatic rings. The molecule has 0 rings (SSSR count). The van der Waals surface area contributed by atoms with E-state index in [0.29, 0.717) is 25.9 Å². The van der Waals surface area contributed by atoms with Crippen LogP contribution in [0.25, 0.3) is 0 Å². The van der Waals surface area contributed by atoms with Crippen LogP contribution >= 0.6 is 0 Å². The number of hydrogen-bond donors (Lipinski definition) is 3. The van der Waals surface area contributed by atoms with Crippen LogP contribution < -0.4 is 5.32 Å². The van der Waals surface area contributed by atoms with E-state index >= 15 is 0 Å². The Morgan fingerprint density at radius 2 is 0.641 bits per heavy atom. The molecule has 0 aliphatic carbocycles. The molecule has 0 aromatic heterocycles. The van der Waals surface area contributed by atoms with E-state index in [9.17, 15) is 19.8 Å². The smallest absolute Gasteiger partial charge is 0.305 e. The van der Waals surface area contributed by atoms with Gasteiger partial charge in [0, 0.05) is 12.8 Å². The van der Waals surface area contributed by atoms with E-state index in [-0.39, 0.29) is 18.5 Å². The van der Waals surface area contributed by atoms with Crippen molar-refractivity contribution < 1.29 is 24.5 Å². The number of hydrogen-bond acceptors (Lipinski definition) is 5. The largest absolute Gasteiger partial charge is 0.466 e. The molecule has 0 saturated heterocycles. The maximum Gasteiger partial charge on any atom is 0.305 e. The van der Waals surface area contributed by atoms with E-state index in [4.69, 9.17) is 4.74 Å². The van der Waals surface area contributed by atoms with Gasteiger partial charge in [0.05, 0.1) is 25.4 Å². The van der Waals surface area contributed by atoms with E-state index < -0.39 is 12.1 Å². The number of unbranched alkanes of at least 4 members (excludes halogenated alkanes) is 49. The van der Waals surface area contributed by atoms with Crippen molar-refractivity contribution in [1.82, 2.24) is 5.32 Å². The van der Waals surface area contributed by atoms with Crippen LogP contribution in [0.2, 0.25) is 0 Å². The number of aliphatic hydroxyl groups excluding tert-OH is 2. The number of amides is 1. The Balaban J connectivity index is 3.35. The maximum atomic E-state index is 12.5. The van der Waals surface area contributed by atoms with Gasteiger partial charge in [-0.15, -0.1) is 0 Å². The van der Waals surface area contributed by atoms with Gasteiger partial charge in [-0.05, 0) is 83.5 Å². The van der Waals surface area contributed by atoms with Crippen LogP contribution in [-0.4, -0.2) is 47.4 Å². The highest BCUT2D eigenvalue weighted by Crippen LogP contribution is 2.18. The Labute approximate surface area is 487 Å². The van der Waals surface area contributed by atoms with Crippen LogP contribution in [0, 0.1) is 0 Å². The number of carbonyl (C=O) groups excluding carboxylic acids is 2. The van der Waals surface area contributed by atoms with Crippen LogP contribution in [-0.2, 0) is 14.3 Å². The van der Waals surface area contributed by atoms with Gasteiger partial charge < -0.3 is 20.3 Å². The molecule has 0 aliphatic heterocycles. The summed E-state index contributed by atoms with van der Waals surface area (Å²) in [4.78, 5) is 24.5. The summed E-state index contributed by atoms with van der Waals surface area (Å²) in [5.41, 5.74) is 0. The quantitative estimate of drug-likeness (QED) is 0.0320. The van der Waals surface area contributed by atoms with Crippen molar-refractivity contribution in [2.24, 2.45) is 0 Å². The number of allylic oxidation sites excluding steroid dienone is 6. The number of esters is 1. The maximum absolute atomic E-state index is 12.5. The van der Waals surface area contributed by atoms with Gasteiger partial charge in [0.2, 0.25) is 5.91 Å². The fourth-order valence-corrected chi connectivity index (χ4v) is 11.0. The molecule has 78 heavy (non-hydrogen) atoms. The fraction of sp³-hybridized carbons (Fsp3) is 0.889. The Kier molecular flexibility index (Phi) is 65.9. The molecule has 0 heterocycles. The van der Waals surface area contributed by atoms with E-state index in [0.717, 1.165) is 51.4 Å². The molecule has 0 aromatic carbocycles. The number of carbonyl (C=O) groups is 2. The highest BCUT2D eigenvalue weighted by molar-refractivity contribution is 5.76. The van der Waals surface area contributed by atoms with Crippen LogP contribution in [0.3, 0.4) is 0 Å². The molecule has 2 atom stereocenters. The second kappa shape index (κ2) is 67.6. The Morgan fingerprint density at radius 3 is 0.987 bits per heavy atom. The lowest BCUT2D eigenvalue weighted by Crippen LogP contribution is -2.45. The van der Waals surface area contributed by atoms with Crippen molar-refractivity contribution in [1.29, 1.82) is 0 Å². The van der Waals surface area contributed by atoms with Gasteiger partial charge in [-0.2, -0.15) is 0 Å². The molecule has 6 nitrogen and oxygen atoms in total. The second-order valence-corrected chi connectivity index (χ2v) is 24.2. The predicted octanol–water partition coefficient (Wildman–Crippen LogP) is 22.7. The molecule has 0 aromatic rings. The minimum Gasteiger partial charge on any atom is -0.466 e. The number of aliphatic hydroxyl groups is 2. The van der Waals surface area contributed by atoms with Crippen molar-refractivity contribution in [3.8, 4) is 0 Å². The third-order valence-corrected chi connectivity index (χ3v) is 16.4. The van der Waals surface area contributed by atoms with E-state index in [1.54, 1.807) is 0 Å². The first kappa shape index (κ1) is 76.1. The van der Waals surface area contributed by atoms with E-state index in [2.05, 4.69) is 55.6 Å². The van der Waals surface area contributed by atoms with Crippen LogP contribution in [0.4, 0.5) is 0 Å². The molecule has 3 N–H and O–H groups in total. The molecule has 0 spiro atoms. The second-order valence-electron chi connectivity index (χ2n) is 24.2. The van der Waals surface area contributed by atoms with Gasteiger partial charge in [0.25, 0.3) is 0 Å². The minimum absolute atomic E-state index is 0.00909. The van der Waals surface area contributed by atoms with Crippen LogP contribution in [0.5, 0.6) is 0 Å². The van der Waals surface area contributed by atoms with Crippen molar-refractivity contribution in [2.75, 3.05) is 13.2 Å². The number of ether oxygens (including phenoxy) is 1. The first-order valence-corrected chi connectivity index (χ1v) is 35.2. The lowest BCUT2D eigenvalue weighted by Gasteiger charge is -2.22. The van der Waals surface area contributed by atoms with Crippen molar-refractivity contribution in [3.05, 3.63) is 36.5 Å². The standard InChI is InChI=1S/C72H137NO5/c1-3-5-7-9-11-13-15-16-38-42-46-50-54-58-62-66-72(77)78-67-63-59-55-51-47-43-40-37-35-33-31-29-27-25-23-21-19-17-18-20-22-24-26-28-30-32-34-36-39-41-45-49-53-57-61-65-71(76)73-69(68-74)70(75)64-60-56-52-48-44-14-12-10-8-6-4-2/h16,19,21,25,27,38,69-70,74-75H,3-15,17-18,20,22-24,26,28-37,39-68H2,1-2H3,(H,73,76)/b21-19-,27-25-,38-16-. The highest BCUT2D eigenvalue weighted by Gasteiger charge is 2.20. The normalized spacial score (nSPS) is 12.7. The summed E-state index contributed by atoms with van der Waals surface area (Å²) in [7, 11) is 0. The first-order chi connectivity index (χ1) is 38.5. The van der Waals surface area contributed by atoms with Gasteiger partial charge in [0.15, 0.2) is 0 Å². The Bertz CT molecular complexity index is 1260. The van der Waals surface area contributed by atoms with E-state index in [1.165, 1.54) is 302 Å². The molecular formula is C72H137NO5. The summed E-state index contributed by atoms with van der Waals surface area (Å²) in [6.45, 7) is 4.96. The zero-order chi connectivity index (χ0) is 56.4. The fourth-order valence-electron chi connectivity index (χ4n) is 11.0. The lowest BCUT2D eigenvalue weighted by molar-refractivity contribution is -0.143. The van der Waals surface area contributed by atoms with Crippen LogP contribution in [0.15, 0.2) is 36.5 Å². The third kappa shape index (κ3) is 63.3. The first-order valence-electron chi connectivity index (χ1n) is 35.2. The van der Waals surface area contributed by atoms with Gasteiger partial charge in [-0.1, -0.05) is 326 Å². The molecule has 6 heteroatoms. The van der Waals surface area contributed by atoms with Gasteiger partial charge in [-0.3, -0.25) is 9.59 Å². The molecule has 0 fully saturated rings. The summed E-state index contributed by atoms with van der Waals surface area (Å²) < 4.78 is 5.49. The van der Waals surface area contributed by atoms with Gasteiger partial charge in [-0.25, -0.2) is 0 Å². The SMILES string of the molecule is CCCCCCCC/C=C\CCCCCCCC(=O)OCCCCCCCCCCCCC/C=C\C/C=C\CCCCCCCCCCCCCCCCCCCC(=O)NC(CO)C(O)CCCCCCCCCCCCC. The molecule has 0 bridgehead atoms. The molecule has 0 saturated carbocycles. The lowest BCUT2D eigenvalue weighted by atomic mass is 10.0. The zero-order valence-corrected chi connectivity index (χ0v) is 52.7. The topological polar surface area (TPSA) is 95.9 Å². The molecule has 1 amide bonds. The minimum atomic E-state index is -0.661. The molecular weight excluding hydrogens is 959 g/mol. The Hall–Kier alpha value is -1.92. The summed E-state index contributed by atoms with van der Waals surface area (Å²) in [5.74, 6) is -0.0231.